The Balaban J connectivity index is 3.23. The van der Waals surface area contributed by atoms with E-state index in [1.54, 1.807) is 14.0 Å². The van der Waals surface area contributed by atoms with Crippen molar-refractivity contribution in [1.29, 1.82) is 0 Å². The fourth-order valence-electron chi connectivity index (χ4n) is 1.13. The van der Waals surface area contributed by atoms with Gasteiger partial charge in [-0.1, -0.05) is 0 Å². The molecule has 1 unspecified atom stereocenters. The zero-order chi connectivity index (χ0) is 10.8. The normalized spacial score (nSPS) is 12.5. The molecule has 0 aromatic carbocycles. The third-order valence-corrected chi connectivity index (χ3v) is 2.03. The second-order valence-electron chi connectivity index (χ2n) is 3.25. The molecule has 0 saturated carbocycles. The zero-order valence-corrected chi connectivity index (χ0v) is 9.34. The highest BCUT2D eigenvalue weighted by atomic mass is 16.5. The number of hydrogen-bond donors (Lipinski definition) is 1. The maximum absolute atomic E-state index is 11.0. The summed E-state index contributed by atoms with van der Waals surface area (Å²) in [5, 5.41) is 3.09. The Bertz CT molecular complexity index is 150. The quantitative estimate of drug-likeness (QED) is 0.471. The molecule has 0 aliphatic heterocycles. The molecule has 14 heavy (non-hydrogen) atoms. The van der Waals surface area contributed by atoms with Crippen LogP contribution in [-0.4, -0.2) is 39.4 Å². The van der Waals surface area contributed by atoms with Crippen molar-refractivity contribution in [2.24, 2.45) is 0 Å². The van der Waals surface area contributed by atoms with Gasteiger partial charge in [-0.2, -0.15) is 0 Å². The number of esters is 1. The smallest absolute Gasteiger partial charge is 0.322 e. The summed E-state index contributed by atoms with van der Waals surface area (Å²) in [6.45, 7) is 3.47. The van der Waals surface area contributed by atoms with E-state index in [0.29, 0.717) is 0 Å². The zero-order valence-electron chi connectivity index (χ0n) is 9.34. The van der Waals surface area contributed by atoms with E-state index in [-0.39, 0.29) is 12.0 Å². The van der Waals surface area contributed by atoms with Crippen molar-refractivity contribution in [1.82, 2.24) is 5.32 Å². The summed E-state index contributed by atoms with van der Waals surface area (Å²) in [5.41, 5.74) is 0. The topological polar surface area (TPSA) is 47.6 Å². The van der Waals surface area contributed by atoms with Gasteiger partial charge < -0.3 is 14.8 Å². The summed E-state index contributed by atoms with van der Waals surface area (Å²) in [6.07, 6.45) is 3.25. The molecule has 1 atom stereocenters. The molecule has 0 heterocycles. The Labute approximate surface area is 86.0 Å². The highest BCUT2D eigenvalue weighted by Gasteiger charge is 2.10. The van der Waals surface area contributed by atoms with Crippen LogP contribution in [-0.2, 0) is 14.3 Å². The standard InChI is InChI=1S/C10H21NO3/c1-9(10(12)14-3)11-7-5-4-6-8-13-2/h9,11H,4-8H2,1-3H3. The number of unbranched alkanes of at least 4 members (excludes halogenated alkanes) is 2. The fourth-order valence-corrected chi connectivity index (χ4v) is 1.13. The van der Waals surface area contributed by atoms with Crippen LogP contribution in [0.2, 0.25) is 0 Å². The fraction of sp³-hybridized carbons (Fsp3) is 0.900. The van der Waals surface area contributed by atoms with Gasteiger partial charge >= 0.3 is 5.97 Å². The van der Waals surface area contributed by atoms with Crippen molar-refractivity contribution in [3.8, 4) is 0 Å². The minimum absolute atomic E-state index is 0.206. The molecule has 0 rings (SSSR count). The summed E-state index contributed by atoms with van der Waals surface area (Å²) in [5.74, 6) is -0.207. The van der Waals surface area contributed by atoms with Crippen molar-refractivity contribution in [2.45, 2.75) is 32.2 Å². The average molecular weight is 203 g/mol. The summed E-state index contributed by atoms with van der Waals surface area (Å²) in [7, 11) is 3.11. The number of carbonyl (C=O) groups is 1. The molecule has 0 amide bonds. The largest absolute Gasteiger partial charge is 0.468 e. The van der Waals surface area contributed by atoms with Crippen LogP contribution < -0.4 is 5.32 Å². The van der Waals surface area contributed by atoms with E-state index < -0.39 is 0 Å². The van der Waals surface area contributed by atoms with Gasteiger partial charge in [0.15, 0.2) is 0 Å². The first-order valence-electron chi connectivity index (χ1n) is 5.02. The molecule has 4 nitrogen and oxygen atoms in total. The molecule has 84 valence electrons. The number of ether oxygens (including phenoxy) is 2. The molecule has 0 radical (unpaired) electrons. The third kappa shape index (κ3) is 6.86. The van der Waals surface area contributed by atoms with E-state index in [9.17, 15) is 4.79 Å². The molecule has 0 fully saturated rings. The maximum atomic E-state index is 11.0. The lowest BCUT2D eigenvalue weighted by Gasteiger charge is -2.10. The van der Waals surface area contributed by atoms with Crippen molar-refractivity contribution >= 4 is 5.97 Å². The predicted octanol–water partition coefficient (Wildman–Crippen LogP) is 0.954. The van der Waals surface area contributed by atoms with E-state index in [4.69, 9.17) is 4.74 Å². The third-order valence-electron chi connectivity index (χ3n) is 2.03. The second-order valence-corrected chi connectivity index (χ2v) is 3.25. The van der Waals surface area contributed by atoms with Crippen LogP contribution in [0, 0.1) is 0 Å². The van der Waals surface area contributed by atoms with E-state index in [0.717, 1.165) is 32.4 Å². The van der Waals surface area contributed by atoms with E-state index in [1.807, 2.05) is 0 Å². The van der Waals surface area contributed by atoms with Crippen LogP contribution in [0.15, 0.2) is 0 Å². The van der Waals surface area contributed by atoms with Crippen LogP contribution in [0.1, 0.15) is 26.2 Å². The van der Waals surface area contributed by atoms with Crippen molar-refractivity contribution in [3.63, 3.8) is 0 Å². The van der Waals surface area contributed by atoms with Crippen LogP contribution in [0.5, 0.6) is 0 Å². The number of methoxy groups -OCH3 is 2. The summed E-state index contributed by atoms with van der Waals surface area (Å²) >= 11 is 0. The van der Waals surface area contributed by atoms with Gasteiger partial charge in [0.05, 0.1) is 7.11 Å². The van der Waals surface area contributed by atoms with Gasteiger partial charge in [0, 0.05) is 13.7 Å². The molecule has 0 aliphatic rings. The van der Waals surface area contributed by atoms with Gasteiger partial charge in [-0.3, -0.25) is 4.79 Å². The number of hydrogen-bond acceptors (Lipinski definition) is 4. The molecule has 4 heteroatoms. The van der Waals surface area contributed by atoms with Crippen molar-refractivity contribution in [3.05, 3.63) is 0 Å². The molecular weight excluding hydrogens is 182 g/mol. The van der Waals surface area contributed by atoms with Crippen molar-refractivity contribution < 1.29 is 14.3 Å². The Morgan fingerprint density at radius 2 is 2.00 bits per heavy atom. The van der Waals surface area contributed by atoms with E-state index in [2.05, 4.69) is 10.1 Å². The van der Waals surface area contributed by atoms with Crippen LogP contribution >= 0.6 is 0 Å². The number of nitrogens with one attached hydrogen (secondary N) is 1. The molecule has 0 aromatic rings. The van der Waals surface area contributed by atoms with Crippen LogP contribution in [0.4, 0.5) is 0 Å². The van der Waals surface area contributed by atoms with Gasteiger partial charge in [0.2, 0.25) is 0 Å². The highest BCUT2D eigenvalue weighted by molar-refractivity contribution is 5.74. The van der Waals surface area contributed by atoms with Gasteiger partial charge in [0.1, 0.15) is 6.04 Å². The predicted molar refractivity (Wildman–Crippen MR) is 55.2 cm³/mol. The summed E-state index contributed by atoms with van der Waals surface area (Å²) in [4.78, 5) is 11.0. The molecule has 0 bridgehead atoms. The Hall–Kier alpha value is -0.610. The molecule has 1 N–H and O–H groups in total. The Morgan fingerprint density at radius 1 is 1.29 bits per heavy atom. The first-order valence-corrected chi connectivity index (χ1v) is 5.02. The number of carbonyl (C=O) groups excluding carboxylic acids is 1. The van der Waals surface area contributed by atoms with Gasteiger partial charge in [-0.25, -0.2) is 0 Å². The highest BCUT2D eigenvalue weighted by Crippen LogP contribution is 1.95. The van der Waals surface area contributed by atoms with Gasteiger partial charge in [-0.15, -0.1) is 0 Å². The molecule has 0 aromatic heterocycles. The van der Waals surface area contributed by atoms with Crippen LogP contribution in [0.25, 0.3) is 0 Å². The lowest BCUT2D eigenvalue weighted by Crippen LogP contribution is -2.35. The SMILES string of the molecule is COCCCCCNC(C)C(=O)OC. The van der Waals surface area contributed by atoms with Gasteiger partial charge in [0.25, 0.3) is 0 Å². The van der Waals surface area contributed by atoms with Crippen molar-refractivity contribution in [2.75, 3.05) is 27.4 Å². The molecular formula is C10H21NO3. The Morgan fingerprint density at radius 3 is 2.57 bits per heavy atom. The van der Waals surface area contributed by atoms with E-state index >= 15 is 0 Å². The number of rotatable bonds is 8. The second kappa shape index (κ2) is 8.97. The summed E-state index contributed by atoms with van der Waals surface area (Å²) in [6, 6.07) is -0.206. The average Bonchev–Trinajstić information content (AvgIpc) is 2.21. The summed E-state index contributed by atoms with van der Waals surface area (Å²) < 4.78 is 9.52. The molecule has 0 spiro atoms. The Kier molecular flexibility index (Phi) is 8.57. The molecule has 0 aliphatic carbocycles. The van der Waals surface area contributed by atoms with E-state index in [1.165, 1.54) is 7.11 Å². The lowest BCUT2D eigenvalue weighted by molar-refractivity contribution is -0.142. The first kappa shape index (κ1) is 13.4. The minimum atomic E-state index is -0.207. The minimum Gasteiger partial charge on any atom is -0.468 e. The monoisotopic (exact) mass is 203 g/mol. The van der Waals surface area contributed by atoms with Crippen LogP contribution in [0.3, 0.4) is 0 Å². The maximum Gasteiger partial charge on any atom is 0.322 e. The first-order chi connectivity index (χ1) is 6.72. The molecule has 0 saturated heterocycles. The lowest BCUT2D eigenvalue weighted by atomic mass is 10.2. The van der Waals surface area contributed by atoms with Gasteiger partial charge in [-0.05, 0) is 32.7 Å².